The van der Waals surface area contributed by atoms with Crippen LogP contribution in [0, 0.1) is 0 Å². The van der Waals surface area contributed by atoms with Crippen molar-refractivity contribution in [1.82, 2.24) is 9.97 Å². The number of nitrogens with one attached hydrogen (secondary N) is 1. The molecule has 0 aliphatic carbocycles. The molecule has 0 unspecified atom stereocenters. The Bertz CT molecular complexity index is 393. The van der Waals surface area contributed by atoms with Gasteiger partial charge in [0.25, 0.3) is 5.56 Å². The molecule has 0 bridgehead atoms. The van der Waals surface area contributed by atoms with E-state index in [4.69, 9.17) is 0 Å². The van der Waals surface area contributed by atoms with Crippen molar-refractivity contribution in [3.8, 4) is 0 Å². The standard InChI is InChI=1S/C10H16N2O2S/c1-9(2,14)10(3,4)15-8-11-6-5-7(13)12-8/h5-6,14H,1-4H3,(H,11,12,13). The minimum absolute atomic E-state index is 0.181. The normalized spacial score (nSPS) is 12.9. The van der Waals surface area contributed by atoms with Crippen LogP contribution in [0.3, 0.4) is 0 Å². The van der Waals surface area contributed by atoms with Crippen molar-refractivity contribution >= 4 is 11.8 Å². The first kappa shape index (κ1) is 12.3. The van der Waals surface area contributed by atoms with E-state index >= 15 is 0 Å². The monoisotopic (exact) mass is 228 g/mol. The zero-order valence-electron chi connectivity index (χ0n) is 9.37. The molecule has 1 aromatic heterocycles. The van der Waals surface area contributed by atoms with E-state index in [1.165, 1.54) is 24.0 Å². The first-order chi connectivity index (χ1) is 6.72. The second-order valence-corrected chi connectivity index (χ2v) is 6.02. The van der Waals surface area contributed by atoms with Crippen LogP contribution in [0.1, 0.15) is 27.7 Å². The maximum absolute atomic E-state index is 11.1. The largest absolute Gasteiger partial charge is 0.389 e. The summed E-state index contributed by atoms with van der Waals surface area (Å²) in [6.07, 6.45) is 1.46. The van der Waals surface area contributed by atoms with E-state index in [1.54, 1.807) is 13.8 Å². The molecule has 0 spiro atoms. The molecule has 0 amide bonds. The molecule has 0 fully saturated rings. The van der Waals surface area contributed by atoms with Crippen LogP contribution in [-0.4, -0.2) is 25.4 Å². The first-order valence-corrected chi connectivity index (χ1v) is 5.51. The molecule has 1 aromatic rings. The Balaban J connectivity index is 2.91. The van der Waals surface area contributed by atoms with Gasteiger partial charge in [-0.2, -0.15) is 0 Å². The maximum Gasteiger partial charge on any atom is 0.251 e. The number of aliphatic hydroxyl groups is 1. The predicted octanol–water partition coefficient (Wildman–Crippen LogP) is 1.41. The first-order valence-electron chi connectivity index (χ1n) is 4.69. The van der Waals surface area contributed by atoms with Gasteiger partial charge in [-0.1, -0.05) is 11.8 Å². The fourth-order valence-corrected chi connectivity index (χ4v) is 1.77. The number of aromatic nitrogens is 2. The van der Waals surface area contributed by atoms with E-state index in [9.17, 15) is 9.90 Å². The third kappa shape index (κ3) is 3.07. The molecule has 0 saturated carbocycles. The highest BCUT2D eigenvalue weighted by atomic mass is 32.2. The van der Waals surface area contributed by atoms with Crippen molar-refractivity contribution in [2.24, 2.45) is 0 Å². The van der Waals surface area contributed by atoms with Crippen LogP contribution in [0.15, 0.2) is 22.2 Å². The summed E-state index contributed by atoms with van der Waals surface area (Å²) in [5.74, 6) is 0. The Hall–Kier alpha value is -0.810. The molecule has 15 heavy (non-hydrogen) atoms. The smallest absolute Gasteiger partial charge is 0.251 e. The van der Waals surface area contributed by atoms with Crippen molar-refractivity contribution in [3.05, 3.63) is 22.6 Å². The van der Waals surface area contributed by atoms with Gasteiger partial charge in [0.15, 0.2) is 5.16 Å². The molecule has 5 heteroatoms. The lowest BCUT2D eigenvalue weighted by molar-refractivity contribution is 0.0491. The zero-order valence-corrected chi connectivity index (χ0v) is 10.2. The SMILES string of the molecule is CC(C)(O)C(C)(C)Sc1nccc(=O)[nH]1. The van der Waals surface area contributed by atoms with Crippen molar-refractivity contribution in [2.45, 2.75) is 43.2 Å². The number of nitrogens with zero attached hydrogens (tertiary/aromatic N) is 1. The molecule has 1 heterocycles. The van der Waals surface area contributed by atoms with Crippen molar-refractivity contribution < 1.29 is 5.11 Å². The lowest BCUT2D eigenvalue weighted by Crippen LogP contribution is -2.42. The van der Waals surface area contributed by atoms with Crippen LogP contribution >= 0.6 is 11.8 Å². The van der Waals surface area contributed by atoms with Crippen LogP contribution in [0.5, 0.6) is 0 Å². The molecule has 0 aliphatic heterocycles. The Kier molecular flexibility index (Phi) is 3.25. The second kappa shape index (κ2) is 3.98. The Morgan fingerprint density at radius 3 is 2.47 bits per heavy atom. The molecule has 84 valence electrons. The van der Waals surface area contributed by atoms with Gasteiger partial charge in [-0.15, -0.1) is 0 Å². The summed E-state index contributed by atoms with van der Waals surface area (Å²) in [5.41, 5.74) is -1.04. The quantitative estimate of drug-likeness (QED) is 0.606. The highest BCUT2D eigenvalue weighted by Gasteiger charge is 2.36. The zero-order chi connectivity index (χ0) is 11.7. The molecular formula is C10H16N2O2S. The van der Waals surface area contributed by atoms with E-state index in [0.29, 0.717) is 5.16 Å². The van der Waals surface area contributed by atoms with Crippen LogP contribution in [0.25, 0.3) is 0 Å². The van der Waals surface area contributed by atoms with Gasteiger partial charge < -0.3 is 10.1 Å². The van der Waals surface area contributed by atoms with E-state index in [2.05, 4.69) is 9.97 Å². The molecule has 0 aliphatic rings. The topological polar surface area (TPSA) is 66.0 Å². The molecule has 0 aromatic carbocycles. The summed E-state index contributed by atoms with van der Waals surface area (Å²) in [7, 11) is 0. The van der Waals surface area contributed by atoms with Crippen LogP contribution < -0.4 is 5.56 Å². The fourth-order valence-electron chi connectivity index (χ4n) is 0.770. The van der Waals surface area contributed by atoms with Crippen molar-refractivity contribution in [2.75, 3.05) is 0 Å². The van der Waals surface area contributed by atoms with Crippen molar-refractivity contribution in [3.63, 3.8) is 0 Å². The number of hydrogen-bond donors (Lipinski definition) is 2. The third-order valence-corrected chi connectivity index (χ3v) is 3.88. The lowest BCUT2D eigenvalue weighted by Gasteiger charge is -2.35. The summed E-state index contributed by atoms with van der Waals surface area (Å²) in [4.78, 5) is 17.7. The van der Waals surface area contributed by atoms with E-state index < -0.39 is 10.3 Å². The van der Waals surface area contributed by atoms with Gasteiger partial charge in [0.05, 0.1) is 5.60 Å². The molecule has 0 saturated heterocycles. The Labute approximate surface area is 93.1 Å². The number of thioether (sulfide) groups is 1. The summed E-state index contributed by atoms with van der Waals surface area (Å²) in [6.45, 7) is 7.29. The Morgan fingerprint density at radius 1 is 1.40 bits per heavy atom. The van der Waals surface area contributed by atoms with Gasteiger partial charge in [-0.3, -0.25) is 4.79 Å². The second-order valence-electron chi connectivity index (χ2n) is 4.41. The minimum Gasteiger partial charge on any atom is -0.389 e. The highest BCUT2D eigenvalue weighted by molar-refractivity contribution is 8.00. The molecular weight excluding hydrogens is 212 g/mol. The summed E-state index contributed by atoms with van der Waals surface area (Å²) in [6, 6.07) is 1.36. The number of aromatic amines is 1. The van der Waals surface area contributed by atoms with Gasteiger partial charge in [-0.05, 0) is 27.7 Å². The lowest BCUT2D eigenvalue weighted by atomic mass is 9.94. The van der Waals surface area contributed by atoms with E-state index in [1.807, 2.05) is 13.8 Å². The molecule has 2 N–H and O–H groups in total. The number of rotatable bonds is 3. The van der Waals surface area contributed by atoms with Crippen LogP contribution in [0.2, 0.25) is 0 Å². The van der Waals surface area contributed by atoms with Crippen LogP contribution in [-0.2, 0) is 0 Å². The number of hydrogen-bond acceptors (Lipinski definition) is 4. The van der Waals surface area contributed by atoms with Crippen LogP contribution in [0.4, 0.5) is 0 Å². The predicted molar refractivity (Wildman–Crippen MR) is 61.1 cm³/mol. The van der Waals surface area contributed by atoms with E-state index in [0.717, 1.165) is 0 Å². The summed E-state index contributed by atoms with van der Waals surface area (Å²) in [5, 5.41) is 10.5. The third-order valence-electron chi connectivity index (χ3n) is 2.47. The Morgan fingerprint density at radius 2 is 2.00 bits per heavy atom. The highest BCUT2D eigenvalue weighted by Crippen LogP contribution is 2.38. The summed E-state index contributed by atoms with van der Waals surface area (Å²) >= 11 is 1.35. The summed E-state index contributed by atoms with van der Waals surface area (Å²) < 4.78 is -0.426. The maximum atomic E-state index is 11.1. The van der Waals surface area contributed by atoms with Gasteiger partial charge in [0.1, 0.15) is 0 Å². The molecule has 0 atom stereocenters. The molecule has 1 rings (SSSR count). The van der Waals surface area contributed by atoms with Gasteiger partial charge >= 0.3 is 0 Å². The van der Waals surface area contributed by atoms with E-state index in [-0.39, 0.29) is 5.56 Å². The number of H-pyrrole nitrogens is 1. The van der Waals surface area contributed by atoms with Gasteiger partial charge in [-0.25, -0.2) is 4.98 Å². The van der Waals surface area contributed by atoms with Crippen molar-refractivity contribution in [1.29, 1.82) is 0 Å². The average Bonchev–Trinajstić information content (AvgIpc) is 2.00. The minimum atomic E-state index is -0.855. The fraction of sp³-hybridized carbons (Fsp3) is 0.600. The molecule has 4 nitrogen and oxygen atoms in total. The molecule has 0 radical (unpaired) electrons. The van der Waals surface area contributed by atoms with Gasteiger partial charge in [0.2, 0.25) is 0 Å². The average molecular weight is 228 g/mol. The van der Waals surface area contributed by atoms with Gasteiger partial charge in [0, 0.05) is 17.0 Å².